The van der Waals surface area contributed by atoms with E-state index in [1.807, 2.05) is 48.8 Å². The van der Waals surface area contributed by atoms with Gasteiger partial charge < -0.3 is 19.9 Å². The van der Waals surface area contributed by atoms with E-state index in [0.717, 1.165) is 66.7 Å². The second-order valence-electron chi connectivity index (χ2n) is 8.78. The van der Waals surface area contributed by atoms with E-state index in [9.17, 15) is 0 Å². The van der Waals surface area contributed by atoms with E-state index in [1.165, 1.54) is 0 Å². The topological polar surface area (TPSA) is 88.9 Å². The van der Waals surface area contributed by atoms with Gasteiger partial charge in [-0.2, -0.15) is 0 Å². The maximum atomic E-state index is 4.68. The SMILES string of the molecule is C1=c2ccc([nH]2)=Cc2ccc([nH]2)C(c2ccccn2)=c2ccc([nH]2)=C(c2ccccn2)c2ccc1[nH]2. The van der Waals surface area contributed by atoms with Crippen LogP contribution >= 0.6 is 0 Å². The summed E-state index contributed by atoms with van der Waals surface area (Å²) in [7, 11) is 0. The number of aromatic nitrogens is 6. The van der Waals surface area contributed by atoms with Crippen molar-refractivity contribution in [3.8, 4) is 0 Å². The predicted octanol–water partition coefficient (Wildman–Crippen LogP) is 2.25. The Kier molecular flexibility index (Phi) is 4.67. The van der Waals surface area contributed by atoms with Crippen molar-refractivity contribution in [2.75, 3.05) is 0 Å². The minimum atomic E-state index is 0.888. The molecule has 0 spiro atoms. The van der Waals surface area contributed by atoms with E-state index in [1.54, 1.807) is 0 Å². The smallest absolute Gasteiger partial charge is 0.0743 e. The quantitative estimate of drug-likeness (QED) is 0.315. The minimum Gasteiger partial charge on any atom is -0.355 e. The Bertz CT molecular complexity index is 1790. The molecule has 0 amide bonds. The largest absolute Gasteiger partial charge is 0.355 e. The van der Waals surface area contributed by atoms with Crippen molar-refractivity contribution < 1.29 is 0 Å². The molecule has 0 fully saturated rings. The molecule has 6 aromatic rings. The van der Waals surface area contributed by atoms with Crippen molar-refractivity contribution in [1.82, 2.24) is 29.9 Å². The summed E-state index contributed by atoms with van der Waals surface area (Å²) in [5, 5.41) is 3.99. The van der Waals surface area contributed by atoms with Crippen molar-refractivity contribution in [3.05, 3.63) is 153 Å². The monoisotopic (exact) mass is 466 g/mol. The molecule has 8 bridgehead atoms. The third kappa shape index (κ3) is 3.61. The van der Waals surface area contributed by atoms with E-state index in [-0.39, 0.29) is 0 Å². The molecule has 36 heavy (non-hydrogen) atoms. The summed E-state index contributed by atoms with van der Waals surface area (Å²) in [6.07, 6.45) is 7.86. The van der Waals surface area contributed by atoms with Crippen LogP contribution < -0.4 is 21.4 Å². The first kappa shape index (κ1) is 20.3. The molecule has 4 N–H and O–H groups in total. The first-order valence-corrected chi connectivity index (χ1v) is 11.8. The first-order valence-electron chi connectivity index (χ1n) is 11.8. The number of hydrogen-bond donors (Lipinski definition) is 4. The number of rotatable bonds is 2. The van der Waals surface area contributed by atoms with Gasteiger partial charge in [0.05, 0.1) is 33.5 Å². The lowest BCUT2D eigenvalue weighted by atomic mass is 10.1. The van der Waals surface area contributed by atoms with Gasteiger partial charge >= 0.3 is 0 Å². The van der Waals surface area contributed by atoms with Crippen molar-refractivity contribution in [2.24, 2.45) is 0 Å². The van der Waals surface area contributed by atoms with Gasteiger partial charge in [0.15, 0.2) is 0 Å². The predicted molar refractivity (Wildman–Crippen MR) is 141 cm³/mol. The second-order valence-corrected chi connectivity index (χ2v) is 8.78. The van der Waals surface area contributed by atoms with E-state index in [0.29, 0.717) is 0 Å². The van der Waals surface area contributed by atoms with Gasteiger partial charge in [-0.3, -0.25) is 9.97 Å². The van der Waals surface area contributed by atoms with Crippen LogP contribution in [0.1, 0.15) is 34.2 Å². The van der Waals surface area contributed by atoms with E-state index < -0.39 is 0 Å². The Morgan fingerprint density at radius 2 is 0.972 bits per heavy atom. The molecule has 0 saturated heterocycles. The fraction of sp³-hybridized carbons (Fsp3) is 0. The van der Waals surface area contributed by atoms with Crippen molar-refractivity contribution >= 4 is 23.3 Å². The van der Waals surface area contributed by atoms with Crippen LogP contribution in [-0.2, 0) is 0 Å². The molecule has 6 nitrogen and oxygen atoms in total. The standard InChI is InChI=1S/C30H22N6/c1-3-15-31-23(5-1)29-25-11-9-21(34-25)17-19-7-8-20(33-19)18-22-10-12-26(35-22)30(24-6-2-4-16-32-24)28-14-13-27(29)36-28/h1-18,33-36H. The molecule has 0 saturated carbocycles. The second kappa shape index (κ2) is 8.29. The lowest BCUT2D eigenvalue weighted by Crippen LogP contribution is -2.18. The number of H-pyrrole nitrogens is 4. The molecule has 1 aliphatic heterocycles. The molecular formula is C30H22N6. The van der Waals surface area contributed by atoms with Crippen LogP contribution in [0.3, 0.4) is 0 Å². The molecule has 6 heteroatoms. The number of hydrogen-bond acceptors (Lipinski definition) is 2. The summed E-state index contributed by atoms with van der Waals surface area (Å²) in [4.78, 5) is 23.7. The Morgan fingerprint density at radius 1 is 0.444 bits per heavy atom. The normalized spacial score (nSPS) is 12.8. The van der Waals surface area contributed by atoms with Gasteiger partial charge in [-0.25, -0.2) is 0 Å². The zero-order chi connectivity index (χ0) is 23.9. The van der Waals surface area contributed by atoms with Crippen LogP contribution in [0.4, 0.5) is 0 Å². The highest BCUT2D eigenvalue weighted by atomic mass is 14.8. The lowest BCUT2D eigenvalue weighted by Gasteiger charge is -2.06. The van der Waals surface area contributed by atoms with Crippen LogP contribution in [0.2, 0.25) is 0 Å². The summed E-state index contributed by atoms with van der Waals surface area (Å²) in [6, 6.07) is 28.7. The zero-order valence-electron chi connectivity index (χ0n) is 19.3. The third-order valence-electron chi connectivity index (χ3n) is 6.38. The van der Waals surface area contributed by atoms with Gasteiger partial charge in [0.2, 0.25) is 0 Å². The van der Waals surface area contributed by atoms with Crippen molar-refractivity contribution in [2.45, 2.75) is 0 Å². The van der Waals surface area contributed by atoms with Gasteiger partial charge in [-0.15, -0.1) is 0 Å². The molecule has 0 atom stereocenters. The van der Waals surface area contributed by atoms with Crippen LogP contribution in [0.25, 0.3) is 23.3 Å². The lowest BCUT2D eigenvalue weighted by molar-refractivity contribution is 1.17. The number of nitrogens with one attached hydrogen (secondary N) is 4. The summed E-state index contributed by atoms with van der Waals surface area (Å²) < 4.78 is 0. The van der Waals surface area contributed by atoms with Crippen molar-refractivity contribution in [1.29, 1.82) is 0 Å². The number of pyridine rings is 2. The molecule has 6 aromatic heterocycles. The average molecular weight is 467 g/mol. The molecule has 0 aromatic carbocycles. The number of fused-ring (bicyclic) bond motifs is 8. The molecular weight excluding hydrogens is 444 g/mol. The average Bonchev–Trinajstić information content (AvgIpc) is 3.72. The van der Waals surface area contributed by atoms with Crippen LogP contribution in [0.15, 0.2) is 97.3 Å². The van der Waals surface area contributed by atoms with E-state index >= 15 is 0 Å². The Hall–Kier alpha value is -5.10. The summed E-state index contributed by atoms with van der Waals surface area (Å²) in [5.41, 5.74) is 7.77. The Labute approximate surface area is 206 Å². The fourth-order valence-electron chi connectivity index (χ4n) is 4.77. The number of nitrogens with zero attached hydrogens (tertiary/aromatic N) is 2. The summed E-state index contributed by atoms with van der Waals surface area (Å²) in [6.45, 7) is 0. The highest BCUT2D eigenvalue weighted by molar-refractivity contribution is 5.78. The molecule has 7 rings (SSSR count). The summed E-state index contributed by atoms with van der Waals surface area (Å²) in [5.74, 6) is 0. The molecule has 0 unspecified atom stereocenters. The Morgan fingerprint density at radius 3 is 1.44 bits per heavy atom. The zero-order valence-corrected chi connectivity index (χ0v) is 19.3. The maximum Gasteiger partial charge on any atom is 0.0743 e. The molecule has 0 radical (unpaired) electrons. The molecule has 0 aliphatic carbocycles. The highest BCUT2D eigenvalue weighted by Gasteiger charge is 2.14. The number of aromatic amines is 4. The van der Waals surface area contributed by atoms with Gasteiger partial charge in [0.25, 0.3) is 0 Å². The van der Waals surface area contributed by atoms with Gasteiger partial charge in [-0.1, -0.05) is 12.1 Å². The van der Waals surface area contributed by atoms with Gasteiger partial charge in [-0.05, 0) is 84.9 Å². The molecule has 172 valence electrons. The Balaban J connectivity index is 1.61. The van der Waals surface area contributed by atoms with Gasteiger partial charge in [0, 0.05) is 45.6 Å². The van der Waals surface area contributed by atoms with Crippen LogP contribution in [0, 0.1) is 0 Å². The van der Waals surface area contributed by atoms with E-state index in [4.69, 9.17) is 0 Å². The maximum absolute atomic E-state index is 4.68. The fourth-order valence-corrected chi connectivity index (χ4v) is 4.77. The van der Waals surface area contributed by atoms with Gasteiger partial charge in [0.1, 0.15) is 0 Å². The van der Waals surface area contributed by atoms with Crippen LogP contribution in [-0.4, -0.2) is 29.9 Å². The van der Waals surface area contributed by atoms with E-state index in [2.05, 4.69) is 90.6 Å². The molecule has 7 heterocycles. The minimum absolute atomic E-state index is 0.888. The molecule has 1 aliphatic rings. The third-order valence-corrected chi connectivity index (χ3v) is 6.38. The van der Waals surface area contributed by atoms with Crippen molar-refractivity contribution in [3.63, 3.8) is 0 Å². The highest BCUT2D eigenvalue weighted by Crippen LogP contribution is 2.20. The summed E-state index contributed by atoms with van der Waals surface area (Å²) >= 11 is 0. The van der Waals surface area contributed by atoms with Crippen LogP contribution in [0.5, 0.6) is 0 Å². The first-order chi connectivity index (χ1) is 17.8.